The largest absolute Gasteiger partial charge is 0.243 e. The van der Waals surface area contributed by atoms with Crippen LogP contribution in [0.1, 0.15) is 11.1 Å². The summed E-state index contributed by atoms with van der Waals surface area (Å²) in [5.74, 6) is 0. The standard InChI is InChI=1S/C17H15ClN2O2S/c1-2-10-20(13-15-5-3-4-14(11-15)12-19)23(21,22)17-8-6-16(18)7-9-17/h2-9,11H,1,10,13H2. The summed E-state index contributed by atoms with van der Waals surface area (Å²) in [5.41, 5.74) is 1.23. The molecule has 0 aromatic heterocycles. The lowest BCUT2D eigenvalue weighted by molar-refractivity contribution is 0.438. The van der Waals surface area contributed by atoms with Gasteiger partial charge in [-0.05, 0) is 42.0 Å². The van der Waals surface area contributed by atoms with Gasteiger partial charge in [0.1, 0.15) is 0 Å². The Morgan fingerprint density at radius 1 is 1.22 bits per heavy atom. The van der Waals surface area contributed by atoms with Gasteiger partial charge in [0.2, 0.25) is 10.0 Å². The van der Waals surface area contributed by atoms with Gasteiger partial charge in [-0.15, -0.1) is 6.58 Å². The van der Waals surface area contributed by atoms with Gasteiger partial charge in [0.25, 0.3) is 0 Å². The Labute approximate surface area is 141 Å². The highest BCUT2D eigenvalue weighted by atomic mass is 35.5. The van der Waals surface area contributed by atoms with Gasteiger partial charge in [0.15, 0.2) is 0 Å². The first kappa shape index (κ1) is 17.2. The van der Waals surface area contributed by atoms with E-state index in [1.807, 2.05) is 6.07 Å². The Balaban J connectivity index is 2.35. The second kappa shape index (κ2) is 7.42. The fourth-order valence-corrected chi connectivity index (χ4v) is 3.61. The molecule has 0 fully saturated rings. The predicted molar refractivity (Wildman–Crippen MR) is 90.4 cm³/mol. The lowest BCUT2D eigenvalue weighted by Gasteiger charge is -2.21. The summed E-state index contributed by atoms with van der Waals surface area (Å²) in [4.78, 5) is 0.167. The number of halogens is 1. The Bertz CT molecular complexity index is 840. The lowest BCUT2D eigenvalue weighted by atomic mass is 10.1. The molecule has 0 unspecified atom stereocenters. The fourth-order valence-electron chi connectivity index (χ4n) is 2.09. The van der Waals surface area contributed by atoms with E-state index in [0.717, 1.165) is 5.56 Å². The van der Waals surface area contributed by atoms with Gasteiger partial charge in [-0.2, -0.15) is 9.57 Å². The van der Waals surface area contributed by atoms with E-state index in [2.05, 4.69) is 6.58 Å². The molecule has 0 amide bonds. The van der Waals surface area contributed by atoms with Crippen molar-refractivity contribution in [3.63, 3.8) is 0 Å². The molecule has 0 atom stereocenters. The number of hydrogen-bond acceptors (Lipinski definition) is 3. The second-order valence-electron chi connectivity index (χ2n) is 4.85. The number of benzene rings is 2. The van der Waals surface area contributed by atoms with Crippen LogP contribution in [0.5, 0.6) is 0 Å². The smallest absolute Gasteiger partial charge is 0.207 e. The number of hydrogen-bond donors (Lipinski definition) is 0. The van der Waals surface area contributed by atoms with Crippen molar-refractivity contribution >= 4 is 21.6 Å². The molecular formula is C17H15ClN2O2S. The maximum absolute atomic E-state index is 12.8. The van der Waals surface area contributed by atoms with E-state index in [1.54, 1.807) is 24.3 Å². The summed E-state index contributed by atoms with van der Waals surface area (Å²) in [7, 11) is -3.68. The van der Waals surface area contributed by atoms with E-state index >= 15 is 0 Å². The maximum atomic E-state index is 12.8. The molecule has 2 aromatic carbocycles. The first-order valence-corrected chi connectivity index (χ1v) is 8.65. The molecule has 6 heteroatoms. The molecule has 0 saturated carbocycles. The summed E-state index contributed by atoms with van der Waals surface area (Å²) >= 11 is 5.81. The first-order chi connectivity index (χ1) is 11.0. The summed E-state index contributed by atoms with van der Waals surface area (Å²) < 4.78 is 26.8. The van der Waals surface area contributed by atoms with Crippen LogP contribution in [0.15, 0.2) is 66.1 Å². The molecular weight excluding hydrogens is 332 g/mol. The number of rotatable bonds is 6. The molecule has 0 aliphatic heterocycles. The number of nitrogens with zero attached hydrogens (tertiary/aromatic N) is 2. The molecule has 0 radical (unpaired) electrons. The third-order valence-electron chi connectivity index (χ3n) is 3.20. The quantitative estimate of drug-likeness (QED) is 0.751. The van der Waals surface area contributed by atoms with Crippen molar-refractivity contribution in [2.75, 3.05) is 6.54 Å². The van der Waals surface area contributed by atoms with E-state index in [0.29, 0.717) is 10.6 Å². The Morgan fingerprint density at radius 2 is 1.91 bits per heavy atom. The van der Waals surface area contributed by atoms with Crippen LogP contribution in [0.2, 0.25) is 5.02 Å². The van der Waals surface area contributed by atoms with E-state index in [4.69, 9.17) is 16.9 Å². The number of nitriles is 1. The summed E-state index contributed by atoms with van der Waals surface area (Å²) in [5, 5.41) is 9.43. The van der Waals surface area contributed by atoms with Crippen LogP contribution in [0.4, 0.5) is 0 Å². The van der Waals surface area contributed by atoms with E-state index in [-0.39, 0.29) is 18.0 Å². The molecule has 0 bridgehead atoms. The summed E-state index contributed by atoms with van der Waals surface area (Å²) in [6.45, 7) is 3.95. The van der Waals surface area contributed by atoms with Gasteiger partial charge in [-0.3, -0.25) is 0 Å². The third-order valence-corrected chi connectivity index (χ3v) is 5.28. The highest BCUT2D eigenvalue weighted by molar-refractivity contribution is 7.89. The van der Waals surface area contributed by atoms with Crippen molar-refractivity contribution in [3.8, 4) is 6.07 Å². The van der Waals surface area contributed by atoms with E-state index in [1.165, 1.54) is 34.6 Å². The number of sulfonamides is 1. The predicted octanol–water partition coefficient (Wildman–Crippen LogP) is 3.59. The maximum Gasteiger partial charge on any atom is 0.243 e. The topological polar surface area (TPSA) is 61.2 Å². The van der Waals surface area contributed by atoms with Gasteiger partial charge in [0, 0.05) is 18.1 Å². The molecule has 23 heavy (non-hydrogen) atoms. The van der Waals surface area contributed by atoms with Crippen molar-refractivity contribution in [2.24, 2.45) is 0 Å². The highest BCUT2D eigenvalue weighted by Crippen LogP contribution is 2.20. The Morgan fingerprint density at radius 3 is 2.52 bits per heavy atom. The van der Waals surface area contributed by atoms with Crippen molar-refractivity contribution < 1.29 is 8.42 Å². The second-order valence-corrected chi connectivity index (χ2v) is 7.23. The van der Waals surface area contributed by atoms with Crippen molar-refractivity contribution in [1.29, 1.82) is 5.26 Å². The van der Waals surface area contributed by atoms with E-state index < -0.39 is 10.0 Å². The van der Waals surface area contributed by atoms with Gasteiger partial charge < -0.3 is 0 Å². The SMILES string of the molecule is C=CCN(Cc1cccc(C#N)c1)S(=O)(=O)c1ccc(Cl)cc1. The average molecular weight is 347 g/mol. The molecule has 0 aliphatic carbocycles. The van der Waals surface area contributed by atoms with Crippen LogP contribution in [0.25, 0.3) is 0 Å². The first-order valence-electron chi connectivity index (χ1n) is 6.83. The van der Waals surface area contributed by atoms with Crippen LogP contribution in [0.3, 0.4) is 0 Å². The highest BCUT2D eigenvalue weighted by Gasteiger charge is 2.23. The third kappa shape index (κ3) is 4.20. The molecule has 0 aliphatic rings. The fraction of sp³-hybridized carbons (Fsp3) is 0.118. The Hall–Kier alpha value is -2.13. The average Bonchev–Trinajstić information content (AvgIpc) is 2.55. The Kier molecular flexibility index (Phi) is 5.56. The zero-order chi connectivity index (χ0) is 16.9. The monoisotopic (exact) mass is 346 g/mol. The van der Waals surface area contributed by atoms with Gasteiger partial charge in [-0.1, -0.05) is 29.8 Å². The minimum atomic E-state index is -3.68. The van der Waals surface area contributed by atoms with Gasteiger partial charge >= 0.3 is 0 Å². The molecule has 0 N–H and O–H groups in total. The zero-order valence-electron chi connectivity index (χ0n) is 12.3. The van der Waals surface area contributed by atoms with Crippen LogP contribution >= 0.6 is 11.6 Å². The summed E-state index contributed by atoms with van der Waals surface area (Å²) in [6.07, 6.45) is 1.53. The molecule has 0 saturated heterocycles. The van der Waals surface area contributed by atoms with Crippen LogP contribution < -0.4 is 0 Å². The minimum absolute atomic E-state index is 0.159. The van der Waals surface area contributed by atoms with Gasteiger partial charge in [-0.25, -0.2) is 8.42 Å². The van der Waals surface area contributed by atoms with Crippen molar-refractivity contribution in [2.45, 2.75) is 11.4 Å². The van der Waals surface area contributed by atoms with Crippen LogP contribution in [-0.4, -0.2) is 19.3 Å². The minimum Gasteiger partial charge on any atom is -0.207 e. The molecule has 0 heterocycles. The summed E-state index contributed by atoms with van der Waals surface area (Å²) in [6, 6.07) is 14.9. The van der Waals surface area contributed by atoms with Gasteiger partial charge in [0.05, 0.1) is 16.5 Å². The van der Waals surface area contributed by atoms with E-state index in [9.17, 15) is 8.42 Å². The van der Waals surface area contributed by atoms with Crippen LogP contribution in [-0.2, 0) is 16.6 Å². The molecule has 2 aromatic rings. The van der Waals surface area contributed by atoms with Crippen molar-refractivity contribution in [1.82, 2.24) is 4.31 Å². The molecule has 4 nitrogen and oxygen atoms in total. The molecule has 0 spiro atoms. The normalized spacial score (nSPS) is 11.2. The lowest BCUT2D eigenvalue weighted by Crippen LogP contribution is -2.30. The molecule has 118 valence electrons. The molecule has 2 rings (SSSR count). The van der Waals surface area contributed by atoms with Crippen LogP contribution in [0, 0.1) is 11.3 Å². The zero-order valence-corrected chi connectivity index (χ0v) is 13.9. The van der Waals surface area contributed by atoms with Crippen molar-refractivity contribution in [3.05, 3.63) is 77.3 Å².